The molecular weight excluding hydrogens is 362 g/mol. The summed E-state index contributed by atoms with van der Waals surface area (Å²) in [5.74, 6) is -28.5. The van der Waals surface area contributed by atoms with E-state index in [1.165, 1.54) is 0 Å². The van der Waals surface area contributed by atoms with Gasteiger partial charge in [-0.3, -0.25) is 0 Å². The van der Waals surface area contributed by atoms with E-state index in [9.17, 15) is 61.5 Å². The van der Waals surface area contributed by atoms with Gasteiger partial charge in [-0.1, -0.05) is 0 Å². The van der Waals surface area contributed by atoms with Crippen molar-refractivity contribution >= 4 is 0 Å². The summed E-state index contributed by atoms with van der Waals surface area (Å²) in [6.07, 6.45) is -14.2. The van der Waals surface area contributed by atoms with Crippen LogP contribution in [0.3, 0.4) is 0 Å². The van der Waals surface area contributed by atoms with Gasteiger partial charge < -0.3 is 0 Å². The Morgan fingerprint density at radius 1 is 0.545 bits per heavy atom. The summed E-state index contributed by atoms with van der Waals surface area (Å²) in [6, 6.07) is 0. The third-order valence-corrected chi connectivity index (χ3v) is 2.62. The summed E-state index contributed by atoms with van der Waals surface area (Å²) in [5.41, 5.74) is -9.33. The number of hydrogen-bond acceptors (Lipinski definition) is 0. The molecule has 0 N–H and O–H groups in total. The molecule has 0 aromatic rings. The van der Waals surface area contributed by atoms with Gasteiger partial charge in [0.2, 0.25) is 0 Å². The first-order valence-corrected chi connectivity index (χ1v) is 4.65. The second kappa shape index (κ2) is 4.19. The SMILES string of the molecule is FC(F)(F)C1=C(C(F)(F)C(F)(F)F)C(F)(F)C(F)(F)C1(F)F. The molecular formula is C8F14. The van der Waals surface area contributed by atoms with Gasteiger partial charge in [-0.15, -0.1) is 0 Å². The summed E-state index contributed by atoms with van der Waals surface area (Å²) in [6.45, 7) is 0. The zero-order chi connectivity index (χ0) is 18.2. The van der Waals surface area contributed by atoms with Crippen LogP contribution in [0.15, 0.2) is 11.1 Å². The Morgan fingerprint density at radius 3 is 1.14 bits per heavy atom. The molecule has 0 bridgehead atoms. The minimum absolute atomic E-state index is 4.61. The van der Waals surface area contributed by atoms with Crippen LogP contribution in [0.1, 0.15) is 0 Å². The molecule has 14 heteroatoms. The van der Waals surface area contributed by atoms with Crippen molar-refractivity contribution in [2.45, 2.75) is 36.0 Å². The van der Waals surface area contributed by atoms with E-state index in [1.807, 2.05) is 0 Å². The van der Waals surface area contributed by atoms with Crippen LogP contribution in [0.4, 0.5) is 61.5 Å². The van der Waals surface area contributed by atoms with Crippen molar-refractivity contribution in [1.29, 1.82) is 0 Å². The van der Waals surface area contributed by atoms with E-state index >= 15 is 0 Å². The van der Waals surface area contributed by atoms with Gasteiger partial charge in [0.05, 0.1) is 5.57 Å². The monoisotopic (exact) mass is 362 g/mol. The molecule has 0 heterocycles. The predicted octanol–water partition coefficient (Wildman–Crippen LogP) is 4.96. The van der Waals surface area contributed by atoms with Gasteiger partial charge in [0.1, 0.15) is 5.57 Å². The first-order chi connectivity index (χ1) is 9.24. The van der Waals surface area contributed by atoms with Gasteiger partial charge in [0.25, 0.3) is 0 Å². The molecule has 0 radical (unpaired) electrons. The van der Waals surface area contributed by atoms with E-state index in [1.54, 1.807) is 0 Å². The quantitative estimate of drug-likeness (QED) is 0.457. The minimum atomic E-state index is -7.26. The second-order valence-corrected chi connectivity index (χ2v) is 4.04. The molecule has 0 aromatic heterocycles. The highest BCUT2D eigenvalue weighted by atomic mass is 19.4. The zero-order valence-electron chi connectivity index (χ0n) is 9.29. The average Bonchev–Trinajstić information content (AvgIpc) is 2.30. The maximum Gasteiger partial charge on any atom is 0.457 e. The maximum atomic E-state index is 12.9. The Balaban J connectivity index is 3.95. The minimum Gasteiger partial charge on any atom is -0.194 e. The van der Waals surface area contributed by atoms with E-state index in [2.05, 4.69) is 0 Å². The zero-order valence-corrected chi connectivity index (χ0v) is 9.29. The largest absolute Gasteiger partial charge is 0.457 e. The van der Waals surface area contributed by atoms with Crippen molar-refractivity contribution in [1.82, 2.24) is 0 Å². The molecule has 0 unspecified atom stereocenters. The summed E-state index contributed by atoms with van der Waals surface area (Å²) >= 11 is 0. The van der Waals surface area contributed by atoms with Gasteiger partial charge in [0.15, 0.2) is 0 Å². The summed E-state index contributed by atoms with van der Waals surface area (Å²) in [4.78, 5) is 0. The second-order valence-electron chi connectivity index (χ2n) is 4.04. The van der Waals surface area contributed by atoms with E-state index in [-0.39, 0.29) is 0 Å². The van der Waals surface area contributed by atoms with E-state index in [0.29, 0.717) is 0 Å². The fourth-order valence-corrected chi connectivity index (χ4v) is 1.64. The van der Waals surface area contributed by atoms with Crippen molar-refractivity contribution in [2.24, 2.45) is 0 Å². The third-order valence-electron chi connectivity index (χ3n) is 2.62. The summed E-state index contributed by atoms with van der Waals surface area (Å²) in [5, 5.41) is 0. The van der Waals surface area contributed by atoms with Crippen LogP contribution >= 0.6 is 0 Å². The topological polar surface area (TPSA) is 0 Å². The number of allylic oxidation sites excluding steroid dienone is 2. The Hall–Kier alpha value is -1.24. The van der Waals surface area contributed by atoms with Crippen molar-refractivity contribution in [3.05, 3.63) is 11.1 Å². The molecule has 0 saturated carbocycles. The highest BCUT2D eigenvalue weighted by Gasteiger charge is 2.88. The molecule has 0 atom stereocenters. The number of alkyl halides is 14. The molecule has 1 aliphatic rings. The molecule has 0 aromatic carbocycles. The van der Waals surface area contributed by atoms with Gasteiger partial charge in [-0.05, 0) is 0 Å². The molecule has 1 rings (SSSR count). The fraction of sp³-hybridized carbons (Fsp3) is 0.750. The highest BCUT2D eigenvalue weighted by molar-refractivity contribution is 5.47. The molecule has 0 spiro atoms. The lowest BCUT2D eigenvalue weighted by Crippen LogP contribution is -2.53. The van der Waals surface area contributed by atoms with Crippen LogP contribution in [-0.4, -0.2) is 36.0 Å². The molecule has 0 nitrogen and oxygen atoms in total. The molecule has 1 aliphatic carbocycles. The number of halogens is 14. The van der Waals surface area contributed by atoms with Gasteiger partial charge in [-0.25, -0.2) is 0 Å². The first-order valence-electron chi connectivity index (χ1n) is 4.65. The Labute approximate surface area is 110 Å². The van der Waals surface area contributed by atoms with Crippen LogP contribution in [0.2, 0.25) is 0 Å². The van der Waals surface area contributed by atoms with E-state index in [4.69, 9.17) is 0 Å². The molecule has 0 fully saturated rings. The average molecular weight is 362 g/mol. The van der Waals surface area contributed by atoms with Gasteiger partial charge >= 0.3 is 36.0 Å². The first kappa shape index (κ1) is 18.8. The smallest absolute Gasteiger partial charge is 0.194 e. The van der Waals surface area contributed by atoms with Crippen LogP contribution in [0.25, 0.3) is 0 Å². The van der Waals surface area contributed by atoms with Gasteiger partial charge in [0, 0.05) is 0 Å². The Morgan fingerprint density at radius 2 is 0.864 bits per heavy atom. The van der Waals surface area contributed by atoms with Crippen molar-refractivity contribution < 1.29 is 61.5 Å². The third kappa shape index (κ3) is 2.05. The van der Waals surface area contributed by atoms with Crippen molar-refractivity contribution in [3.8, 4) is 0 Å². The van der Waals surface area contributed by atoms with Crippen LogP contribution in [0.5, 0.6) is 0 Å². The van der Waals surface area contributed by atoms with Crippen LogP contribution < -0.4 is 0 Å². The van der Waals surface area contributed by atoms with Crippen LogP contribution in [-0.2, 0) is 0 Å². The maximum absolute atomic E-state index is 12.9. The lowest BCUT2D eigenvalue weighted by atomic mass is 10.0. The molecule has 0 aliphatic heterocycles. The number of rotatable bonds is 1. The van der Waals surface area contributed by atoms with Crippen LogP contribution in [0, 0.1) is 0 Å². The molecule has 0 saturated heterocycles. The Kier molecular flexibility index (Phi) is 3.58. The molecule has 22 heavy (non-hydrogen) atoms. The van der Waals surface area contributed by atoms with Crippen molar-refractivity contribution in [3.63, 3.8) is 0 Å². The van der Waals surface area contributed by atoms with E-state index < -0.39 is 47.2 Å². The highest BCUT2D eigenvalue weighted by Crippen LogP contribution is 2.66. The predicted molar refractivity (Wildman–Crippen MR) is 38.9 cm³/mol. The standard InChI is InChI=1S/C8F14/c9-3(10)1(5(13,14)8(20,21)22)2(6(15,16)17)4(11,12)7(3,18)19. The Bertz CT molecular complexity index is 500. The molecule has 0 amide bonds. The summed E-state index contributed by atoms with van der Waals surface area (Å²) in [7, 11) is 0. The summed E-state index contributed by atoms with van der Waals surface area (Å²) < 4.78 is 175. The lowest BCUT2D eigenvalue weighted by Gasteiger charge is -2.28. The normalized spacial score (nSPS) is 24.8. The lowest BCUT2D eigenvalue weighted by molar-refractivity contribution is -0.298. The fourth-order valence-electron chi connectivity index (χ4n) is 1.64. The van der Waals surface area contributed by atoms with Gasteiger partial charge in [-0.2, -0.15) is 61.5 Å². The molecule has 130 valence electrons. The van der Waals surface area contributed by atoms with Crippen molar-refractivity contribution in [2.75, 3.05) is 0 Å². The number of hydrogen-bond donors (Lipinski definition) is 0. The van der Waals surface area contributed by atoms with E-state index in [0.717, 1.165) is 0 Å².